The molecule has 8 heteroatoms. The number of nitrogens with two attached hydrogens (primary N) is 1. The van der Waals surface area contributed by atoms with Gasteiger partial charge in [-0.1, -0.05) is 41.9 Å². The van der Waals surface area contributed by atoms with Gasteiger partial charge < -0.3 is 11.1 Å². The molecule has 3 N–H and O–H groups in total. The number of halogens is 1. The van der Waals surface area contributed by atoms with Gasteiger partial charge in [-0.25, -0.2) is 4.98 Å². The Morgan fingerprint density at radius 2 is 2.04 bits per heavy atom. The Kier molecular flexibility index (Phi) is 5.02. The van der Waals surface area contributed by atoms with Crippen molar-refractivity contribution in [3.05, 3.63) is 58.2 Å². The van der Waals surface area contributed by atoms with Crippen molar-refractivity contribution < 1.29 is 4.79 Å². The summed E-state index contributed by atoms with van der Waals surface area (Å²) in [5.41, 5.74) is 7.60. The summed E-state index contributed by atoms with van der Waals surface area (Å²) < 4.78 is 0. The summed E-state index contributed by atoms with van der Waals surface area (Å²) in [6, 6.07) is 11.4. The number of benzene rings is 1. The third-order valence-corrected chi connectivity index (χ3v) is 4.40. The molecule has 3 aromatic rings. The first-order chi connectivity index (χ1) is 11.6. The fourth-order valence-electron chi connectivity index (χ4n) is 2.13. The summed E-state index contributed by atoms with van der Waals surface area (Å²) in [5.74, 6) is -0.278. The van der Waals surface area contributed by atoms with Crippen molar-refractivity contribution in [3.63, 3.8) is 0 Å². The van der Waals surface area contributed by atoms with E-state index < -0.39 is 5.91 Å². The number of carbonyl (C=O) groups excluding carboxylic acids is 1. The van der Waals surface area contributed by atoms with Crippen LogP contribution in [0.1, 0.15) is 16.1 Å². The van der Waals surface area contributed by atoms with E-state index in [1.165, 1.54) is 6.07 Å². The molecular weight excluding hydrogens is 346 g/mol. The second-order valence-corrected chi connectivity index (χ2v) is 6.23. The maximum atomic E-state index is 11.4. The highest BCUT2D eigenvalue weighted by molar-refractivity contribution is 7.13. The lowest BCUT2D eigenvalue weighted by Gasteiger charge is -2.07. The zero-order chi connectivity index (χ0) is 16.9. The largest absolute Gasteiger partial charge is 0.368 e. The number of anilines is 1. The van der Waals surface area contributed by atoms with Gasteiger partial charge in [-0.15, -0.1) is 21.5 Å². The molecule has 24 heavy (non-hydrogen) atoms. The zero-order valence-electron chi connectivity index (χ0n) is 12.6. The molecule has 0 saturated heterocycles. The Balaban J connectivity index is 1.64. The smallest absolute Gasteiger partial charge is 0.252 e. The lowest BCUT2D eigenvalue weighted by Crippen LogP contribution is -2.17. The number of primary amides is 1. The lowest BCUT2D eigenvalue weighted by molar-refractivity contribution is 0.100. The molecule has 0 radical (unpaired) electrons. The van der Waals surface area contributed by atoms with Gasteiger partial charge in [0.1, 0.15) is 5.01 Å². The predicted octanol–water partition coefficient (Wildman–Crippen LogP) is 3.01. The van der Waals surface area contributed by atoms with Gasteiger partial charge in [-0.3, -0.25) is 4.79 Å². The van der Waals surface area contributed by atoms with Crippen LogP contribution in [0, 0.1) is 0 Å². The summed E-state index contributed by atoms with van der Waals surface area (Å²) in [6.07, 6.45) is 0.686. The third-order valence-electron chi connectivity index (χ3n) is 3.28. The first kappa shape index (κ1) is 16.4. The van der Waals surface area contributed by atoms with Crippen LogP contribution in [0.2, 0.25) is 5.15 Å². The molecule has 2 aromatic heterocycles. The van der Waals surface area contributed by atoms with Gasteiger partial charge >= 0.3 is 0 Å². The number of rotatable bonds is 6. The quantitative estimate of drug-likeness (QED) is 0.705. The summed E-state index contributed by atoms with van der Waals surface area (Å²) >= 11 is 7.33. The van der Waals surface area contributed by atoms with E-state index in [-0.39, 0.29) is 10.7 Å². The van der Waals surface area contributed by atoms with Gasteiger partial charge in [0, 0.05) is 23.9 Å². The molecular formula is C16H14ClN5OS. The van der Waals surface area contributed by atoms with E-state index in [0.29, 0.717) is 18.8 Å². The second kappa shape index (κ2) is 7.37. The van der Waals surface area contributed by atoms with Gasteiger partial charge in [-0.2, -0.15) is 0 Å². The van der Waals surface area contributed by atoms with Crippen LogP contribution in [0.25, 0.3) is 10.6 Å². The molecule has 0 atom stereocenters. The summed E-state index contributed by atoms with van der Waals surface area (Å²) in [6.45, 7) is 0.550. The molecule has 0 unspecified atom stereocenters. The highest BCUT2D eigenvalue weighted by Gasteiger charge is 2.11. The average molecular weight is 360 g/mol. The van der Waals surface area contributed by atoms with E-state index in [2.05, 4.69) is 20.5 Å². The van der Waals surface area contributed by atoms with Crippen LogP contribution in [0.3, 0.4) is 0 Å². The van der Waals surface area contributed by atoms with Crippen molar-refractivity contribution in [3.8, 4) is 10.6 Å². The predicted molar refractivity (Wildman–Crippen MR) is 95.3 cm³/mol. The Hall–Kier alpha value is -2.51. The van der Waals surface area contributed by atoms with Crippen molar-refractivity contribution >= 4 is 34.7 Å². The molecule has 3 rings (SSSR count). The van der Waals surface area contributed by atoms with Crippen molar-refractivity contribution in [2.75, 3.05) is 11.9 Å². The molecule has 2 heterocycles. The van der Waals surface area contributed by atoms with E-state index in [1.54, 1.807) is 11.3 Å². The topological polar surface area (TPSA) is 93.8 Å². The van der Waals surface area contributed by atoms with Crippen molar-refractivity contribution in [1.29, 1.82) is 0 Å². The van der Waals surface area contributed by atoms with Gasteiger partial charge in [-0.05, 0) is 6.07 Å². The number of hydrogen-bond acceptors (Lipinski definition) is 6. The third kappa shape index (κ3) is 3.87. The molecule has 122 valence electrons. The summed E-state index contributed by atoms with van der Waals surface area (Å²) in [7, 11) is 0. The van der Waals surface area contributed by atoms with E-state index in [4.69, 9.17) is 17.3 Å². The van der Waals surface area contributed by atoms with E-state index in [9.17, 15) is 4.79 Å². The van der Waals surface area contributed by atoms with Crippen LogP contribution >= 0.6 is 22.9 Å². The van der Waals surface area contributed by atoms with Gasteiger partial charge in [0.15, 0.2) is 11.0 Å². The SMILES string of the molecule is NC(=O)c1cc(Cl)nnc1NCCc1csc(-c2ccccc2)n1. The monoisotopic (exact) mass is 359 g/mol. The van der Waals surface area contributed by atoms with Crippen molar-refractivity contribution in [2.45, 2.75) is 6.42 Å². The van der Waals surface area contributed by atoms with Crippen LogP contribution in [0.4, 0.5) is 5.82 Å². The molecule has 1 aromatic carbocycles. The first-order valence-corrected chi connectivity index (χ1v) is 8.46. The van der Waals surface area contributed by atoms with Crippen LogP contribution in [-0.4, -0.2) is 27.6 Å². The number of nitrogens with one attached hydrogen (secondary N) is 1. The van der Waals surface area contributed by atoms with Gasteiger partial charge in [0.05, 0.1) is 11.3 Å². The molecule has 0 spiro atoms. The second-order valence-electron chi connectivity index (χ2n) is 4.98. The van der Waals surface area contributed by atoms with Gasteiger partial charge in [0.2, 0.25) is 0 Å². The Morgan fingerprint density at radius 1 is 1.25 bits per heavy atom. The van der Waals surface area contributed by atoms with Gasteiger partial charge in [0.25, 0.3) is 5.91 Å². The fourth-order valence-corrected chi connectivity index (χ4v) is 3.14. The van der Waals surface area contributed by atoms with Crippen molar-refractivity contribution in [2.24, 2.45) is 5.73 Å². The zero-order valence-corrected chi connectivity index (χ0v) is 14.1. The maximum absolute atomic E-state index is 11.4. The molecule has 0 fully saturated rings. The van der Waals surface area contributed by atoms with Crippen LogP contribution in [0.5, 0.6) is 0 Å². The molecule has 0 aliphatic carbocycles. The molecule has 0 aliphatic heterocycles. The molecule has 6 nitrogen and oxygen atoms in total. The number of hydrogen-bond donors (Lipinski definition) is 2. The minimum absolute atomic E-state index is 0.126. The number of aromatic nitrogens is 3. The van der Waals surface area contributed by atoms with Crippen LogP contribution in [-0.2, 0) is 6.42 Å². The Morgan fingerprint density at radius 3 is 2.79 bits per heavy atom. The summed E-state index contributed by atoms with van der Waals surface area (Å²) in [5, 5.41) is 13.8. The van der Waals surface area contributed by atoms with E-state index in [0.717, 1.165) is 16.3 Å². The first-order valence-electron chi connectivity index (χ1n) is 7.20. The standard InChI is InChI=1S/C16H14ClN5OS/c17-13-8-12(14(18)23)15(22-21-13)19-7-6-11-9-24-16(20-11)10-4-2-1-3-5-10/h1-5,8-9H,6-7H2,(H2,18,23)(H,19,22). The molecule has 0 aliphatic rings. The Bertz CT molecular complexity index is 853. The lowest BCUT2D eigenvalue weighted by atomic mass is 10.2. The highest BCUT2D eigenvalue weighted by Crippen LogP contribution is 2.23. The highest BCUT2D eigenvalue weighted by atomic mass is 35.5. The minimum Gasteiger partial charge on any atom is -0.368 e. The van der Waals surface area contributed by atoms with E-state index >= 15 is 0 Å². The Labute approximate surface area is 147 Å². The fraction of sp³-hybridized carbons (Fsp3) is 0.125. The van der Waals surface area contributed by atoms with Crippen molar-refractivity contribution in [1.82, 2.24) is 15.2 Å². The number of thiazole rings is 1. The minimum atomic E-state index is -0.602. The van der Waals surface area contributed by atoms with E-state index in [1.807, 2.05) is 35.7 Å². The average Bonchev–Trinajstić information content (AvgIpc) is 3.06. The van der Waals surface area contributed by atoms with Crippen LogP contribution < -0.4 is 11.1 Å². The number of nitrogens with zero attached hydrogens (tertiary/aromatic N) is 3. The normalized spacial score (nSPS) is 10.5. The molecule has 0 saturated carbocycles. The molecule has 0 bridgehead atoms. The van der Waals surface area contributed by atoms with Crippen LogP contribution in [0.15, 0.2) is 41.8 Å². The number of carbonyl (C=O) groups is 1. The number of amides is 1. The molecule has 1 amide bonds. The maximum Gasteiger partial charge on any atom is 0.252 e. The summed E-state index contributed by atoms with van der Waals surface area (Å²) in [4.78, 5) is 16.0.